The molecule has 5 N–H and O–H groups in total. The minimum atomic E-state index is -0.442. The largest absolute Gasteiger partial charge is 0.390 e. The first-order valence-corrected chi connectivity index (χ1v) is 12.1. The molecule has 0 aromatic rings. The van der Waals surface area contributed by atoms with Crippen molar-refractivity contribution >= 4 is 6.21 Å². The third kappa shape index (κ3) is 3.55. The molecular formula is C25H40N4O. The average molecular weight is 413 g/mol. The number of hydrogen-bond acceptors (Lipinski definition) is 5. The number of hydrogen-bond donors (Lipinski definition) is 4. The number of aliphatic hydroxyl groups is 1. The molecule has 0 bridgehead atoms. The van der Waals surface area contributed by atoms with Crippen molar-refractivity contribution in [1.82, 2.24) is 5.32 Å². The smallest absolute Gasteiger partial charge is 0.116 e. The van der Waals surface area contributed by atoms with Crippen molar-refractivity contribution in [3.63, 3.8) is 0 Å². The van der Waals surface area contributed by atoms with Crippen molar-refractivity contribution in [2.75, 3.05) is 0 Å². The number of nitrogens with two attached hydrogens (primary N) is 1. The molecule has 5 heteroatoms. The lowest BCUT2D eigenvalue weighted by Crippen LogP contribution is -2.52. The molecule has 0 amide bonds. The van der Waals surface area contributed by atoms with Gasteiger partial charge in [0.1, 0.15) is 17.5 Å². The fraction of sp³-hybridized carbons (Fsp3) is 0.840. The Balaban J connectivity index is 1.48. The van der Waals surface area contributed by atoms with Crippen LogP contribution in [-0.2, 0) is 0 Å². The lowest BCUT2D eigenvalue weighted by atomic mass is 9.49. The van der Waals surface area contributed by atoms with E-state index in [-0.39, 0.29) is 11.6 Å². The molecule has 4 aliphatic rings. The SMILES string of the molecule is CC(N/C(N)=C(/C#N)C=N)[C@H]1CC[C@H]2[C@@H]3CC[C@@H]4C[C@](C)(O)CC[C@@H]4[C@H]3CC[C@]12C. The van der Waals surface area contributed by atoms with Gasteiger partial charge in [0, 0.05) is 12.3 Å². The van der Waals surface area contributed by atoms with Gasteiger partial charge in [-0.1, -0.05) is 6.92 Å². The van der Waals surface area contributed by atoms with Crippen LogP contribution in [0.5, 0.6) is 0 Å². The van der Waals surface area contributed by atoms with E-state index in [1.807, 2.05) is 13.0 Å². The molecule has 4 aliphatic carbocycles. The molecule has 9 atom stereocenters. The maximum Gasteiger partial charge on any atom is 0.116 e. The molecule has 4 saturated carbocycles. The van der Waals surface area contributed by atoms with E-state index < -0.39 is 5.60 Å². The first kappa shape index (κ1) is 21.7. The van der Waals surface area contributed by atoms with E-state index >= 15 is 0 Å². The molecule has 4 fully saturated rings. The van der Waals surface area contributed by atoms with Crippen molar-refractivity contribution in [2.24, 2.45) is 46.7 Å². The summed E-state index contributed by atoms with van der Waals surface area (Å²) in [6.45, 7) is 6.76. The summed E-state index contributed by atoms with van der Waals surface area (Å²) in [5.41, 5.74) is 6.20. The van der Waals surface area contributed by atoms with Crippen LogP contribution in [0, 0.1) is 57.7 Å². The van der Waals surface area contributed by atoms with E-state index in [4.69, 9.17) is 11.1 Å². The summed E-state index contributed by atoms with van der Waals surface area (Å²) in [5, 5.41) is 30.5. The predicted octanol–water partition coefficient (Wildman–Crippen LogP) is 4.33. The van der Waals surface area contributed by atoms with E-state index in [0.29, 0.717) is 17.2 Å². The summed E-state index contributed by atoms with van der Waals surface area (Å²) in [6.07, 6.45) is 12.0. The quantitative estimate of drug-likeness (QED) is 0.407. The normalized spacial score (nSPS) is 47.0. The third-order valence-corrected chi connectivity index (χ3v) is 9.85. The Morgan fingerprint density at radius 2 is 1.87 bits per heavy atom. The van der Waals surface area contributed by atoms with Crippen LogP contribution in [0.4, 0.5) is 0 Å². The van der Waals surface area contributed by atoms with Gasteiger partial charge in [0.25, 0.3) is 0 Å². The van der Waals surface area contributed by atoms with Gasteiger partial charge in [-0.3, -0.25) is 0 Å². The van der Waals surface area contributed by atoms with E-state index in [1.165, 1.54) is 44.9 Å². The van der Waals surface area contributed by atoms with Crippen molar-refractivity contribution in [1.29, 1.82) is 10.7 Å². The highest BCUT2D eigenvalue weighted by Gasteiger charge is 2.58. The van der Waals surface area contributed by atoms with Gasteiger partial charge < -0.3 is 21.6 Å². The highest BCUT2D eigenvalue weighted by molar-refractivity contribution is 5.82. The summed E-state index contributed by atoms with van der Waals surface area (Å²) in [6, 6.07) is 2.22. The lowest BCUT2D eigenvalue weighted by molar-refractivity contribution is -0.101. The zero-order valence-corrected chi connectivity index (χ0v) is 19.0. The van der Waals surface area contributed by atoms with E-state index in [0.717, 1.165) is 48.6 Å². The number of nitriles is 1. The predicted molar refractivity (Wildman–Crippen MR) is 119 cm³/mol. The number of rotatable bonds is 4. The summed E-state index contributed by atoms with van der Waals surface area (Å²) in [5.74, 6) is 4.94. The molecule has 0 spiro atoms. The van der Waals surface area contributed by atoms with Gasteiger partial charge in [0.2, 0.25) is 0 Å². The molecule has 4 rings (SSSR count). The Labute approximate surface area is 182 Å². The van der Waals surface area contributed by atoms with Crippen LogP contribution in [0.3, 0.4) is 0 Å². The second-order valence-electron chi connectivity index (χ2n) is 11.4. The molecule has 0 saturated heterocycles. The van der Waals surface area contributed by atoms with Gasteiger partial charge >= 0.3 is 0 Å². The topological polar surface area (TPSA) is 106 Å². The molecule has 0 aliphatic heterocycles. The van der Waals surface area contributed by atoms with Crippen LogP contribution >= 0.6 is 0 Å². The van der Waals surface area contributed by atoms with Crippen LogP contribution in [-0.4, -0.2) is 23.0 Å². The number of allylic oxidation sites excluding steroid dienone is 1. The number of fused-ring (bicyclic) bond motifs is 5. The number of nitrogens with zero attached hydrogens (tertiary/aromatic N) is 1. The lowest BCUT2D eigenvalue weighted by Gasteiger charge is -2.57. The van der Waals surface area contributed by atoms with Crippen LogP contribution in [0.25, 0.3) is 0 Å². The highest BCUT2D eigenvalue weighted by atomic mass is 16.3. The van der Waals surface area contributed by atoms with Gasteiger partial charge in [0.15, 0.2) is 0 Å². The average Bonchev–Trinajstić information content (AvgIpc) is 3.05. The van der Waals surface area contributed by atoms with Crippen molar-refractivity contribution in [2.45, 2.75) is 90.2 Å². The maximum atomic E-state index is 10.6. The highest BCUT2D eigenvalue weighted by Crippen LogP contribution is 2.65. The van der Waals surface area contributed by atoms with Crippen molar-refractivity contribution < 1.29 is 5.11 Å². The second-order valence-corrected chi connectivity index (χ2v) is 11.4. The molecular weight excluding hydrogens is 372 g/mol. The summed E-state index contributed by atoms with van der Waals surface area (Å²) in [4.78, 5) is 0. The first-order chi connectivity index (χ1) is 14.2. The number of nitrogens with one attached hydrogen (secondary N) is 2. The van der Waals surface area contributed by atoms with Crippen LogP contribution < -0.4 is 11.1 Å². The fourth-order valence-electron chi connectivity index (χ4n) is 8.54. The Kier molecular flexibility index (Phi) is 5.68. The first-order valence-electron chi connectivity index (χ1n) is 12.1. The monoisotopic (exact) mass is 412 g/mol. The molecule has 166 valence electrons. The fourth-order valence-corrected chi connectivity index (χ4v) is 8.54. The minimum absolute atomic E-state index is 0.209. The molecule has 5 nitrogen and oxygen atoms in total. The van der Waals surface area contributed by atoms with Crippen LogP contribution in [0.15, 0.2) is 11.4 Å². The van der Waals surface area contributed by atoms with Crippen molar-refractivity contribution in [3.05, 3.63) is 11.4 Å². The Hall–Kier alpha value is -1.54. The molecule has 30 heavy (non-hydrogen) atoms. The van der Waals surface area contributed by atoms with Gasteiger partial charge in [0.05, 0.1) is 5.60 Å². The van der Waals surface area contributed by atoms with Crippen molar-refractivity contribution in [3.8, 4) is 6.07 Å². The van der Waals surface area contributed by atoms with Crippen LogP contribution in [0.1, 0.15) is 78.6 Å². The van der Waals surface area contributed by atoms with Crippen LogP contribution in [0.2, 0.25) is 0 Å². The Morgan fingerprint density at radius 1 is 1.13 bits per heavy atom. The van der Waals surface area contributed by atoms with Gasteiger partial charge in [-0.2, -0.15) is 5.26 Å². The Morgan fingerprint density at radius 3 is 2.57 bits per heavy atom. The summed E-state index contributed by atoms with van der Waals surface area (Å²) in [7, 11) is 0. The van der Waals surface area contributed by atoms with Gasteiger partial charge in [-0.25, -0.2) is 0 Å². The van der Waals surface area contributed by atoms with E-state index in [9.17, 15) is 10.4 Å². The van der Waals surface area contributed by atoms with E-state index in [2.05, 4.69) is 19.2 Å². The molecule has 1 unspecified atom stereocenters. The molecule has 0 radical (unpaired) electrons. The van der Waals surface area contributed by atoms with E-state index in [1.54, 1.807) is 0 Å². The zero-order valence-electron chi connectivity index (χ0n) is 19.0. The standard InChI is InChI=1S/C25H40N4O/c1-15(29-23(28)17(13-26)14-27)21-6-7-22-20-5-4-16-12-24(2,30)10-8-18(16)19(20)9-11-25(21,22)3/h13,15-16,18-22,26,29-30H,4-12,28H2,1-3H3/b23-17+,26-13?/t15?,16-,18+,19-,20-,21-,22+,24-,25-/m1/s1. The maximum absolute atomic E-state index is 10.6. The zero-order chi connectivity index (χ0) is 21.7. The van der Waals surface area contributed by atoms with Gasteiger partial charge in [-0.15, -0.1) is 0 Å². The molecule has 0 heterocycles. The molecule has 0 aromatic heterocycles. The summed E-state index contributed by atoms with van der Waals surface area (Å²) >= 11 is 0. The Bertz CT molecular complexity index is 753. The molecule has 0 aromatic carbocycles. The second kappa shape index (κ2) is 7.86. The van der Waals surface area contributed by atoms with Gasteiger partial charge in [-0.05, 0) is 113 Å². The third-order valence-electron chi connectivity index (χ3n) is 9.85. The minimum Gasteiger partial charge on any atom is -0.390 e. The summed E-state index contributed by atoms with van der Waals surface area (Å²) < 4.78 is 0.